The van der Waals surface area contributed by atoms with E-state index in [1.807, 2.05) is 0 Å². The van der Waals surface area contributed by atoms with Crippen LogP contribution in [0.15, 0.2) is 12.7 Å². The van der Waals surface area contributed by atoms with Crippen LogP contribution in [0.5, 0.6) is 0 Å². The van der Waals surface area contributed by atoms with E-state index in [1.54, 1.807) is 0 Å². The molecule has 23 heavy (non-hydrogen) atoms. The van der Waals surface area contributed by atoms with Crippen molar-refractivity contribution in [3.05, 3.63) is 12.7 Å². The Balaban J connectivity index is 1.81. The van der Waals surface area contributed by atoms with Crippen LogP contribution in [0.1, 0.15) is 6.23 Å². The number of fused-ring (bicyclic) bond motifs is 1. The van der Waals surface area contributed by atoms with Crippen LogP contribution in [0, 0.1) is 0 Å². The van der Waals surface area contributed by atoms with E-state index < -0.39 is 39.5 Å². The Labute approximate surface area is 129 Å². The highest BCUT2D eigenvalue weighted by atomic mass is 31.2. The Morgan fingerprint density at radius 3 is 2.96 bits per heavy atom. The highest BCUT2D eigenvalue weighted by Gasteiger charge is 2.47. The number of nitrogens with two attached hydrogens (primary N) is 1. The number of ether oxygens (including phenoxy) is 1. The molecule has 2 aromatic heterocycles. The molecule has 0 aromatic carbocycles. The summed E-state index contributed by atoms with van der Waals surface area (Å²) in [6, 6.07) is 0. The number of hydrogen-bond acceptors (Lipinski definition) is 10. The third kappa shape index (κ3) is 2.97. The molecule has 3 rings (SSSR count). The summed E-state index contributed by atoms with van der Waals surface area (Å²) in [7, 11) is -2.27. The number of alkyl halides is 1. The minimum absolute atomic E-state index is 0.128. The highest BCUT2D eigenvalue weighted by molar-refractivity contribution is 7.45. The van der Waals surface area contributed by atoms with Crippen molar-refractivity contribution in [3.8, 4) is 0 Å². The second kappa shape index (κ2) is 6.53. The zero-order valence-corrected chi connectivity index (χ0v) is 12.3. The van der Waals surface area contributed by atoms with E-state index in [0.29, 0.717) is 0 Å². The normalized spacial score (nSPS) is 29.2. The van der Waals surface area contributed by atoms with E-state index in [2.05, 4.69) is 24.5 Å². The molecule has 5 N–H and O–H groups in total. The van der Waals surface area contributed by atoms with Crippen molar-refractivity contribution in [2.24, 2.45) is 0 Å². The van der Waals surface area contributed by atoms with E-state index in [9.17, 15) is 9.50 Å². The molecule has 11 nitrogen and oxygen atoms in total. The summed E-state index contributed by atoms with van der Waals surface area (Å²) in [6.07, 6.45) is -4.58. The van der Waals surface area contributed by atoms with Gasteiger partial charge in [-0.3, -0.25) is 4.57 Å². The van der Waals surface area contributed by atoms with Crippen LogP contribution in [0.25, 0.3) is 11.2 Å². The van der Waals surface area contributed by atoms with Crippen molar-refractivity contribution >= 4 is 25.4 Å². The average molecular weight is 349 g/mol. The fourth-order valence-corrected chi connectivity index (χ4v) is 2.32. The average Bonchev–Trinajstić information content (AvgIpc) is 3.09. The second-order valence-electron chi connectivity index (χ2n) is 4.58. The number of aromatic nitrogens is 4. The Kier molecular flexibility index (Phi) is 4.64. The first-order valence-corrected chi connectivity index (χ1v) is 7.74. The first kappa shape index (κ1) is 16.3. The molecule has 1 fully saturated rings. The molecule has 0 amide bonds. The molecule has 0 spiro atoms. The molecule has 0 aliphatic carbocycles. The van der Waals surface area contributed by atoms with Crippen molar-refractivity contribution < 1.29 is 33.8 Å². The minimum Gasteiger partial charge on any atom is -0.387 e. The van der Waals surface area contributed by atoms with E-state index in [-0.39, 0.29) is 17.0 Å². The Bertz CT molecular complexity index is 691. The quantitative estimate of drug-likeness (QED) is 0.305. The lowest BCUT2D eigenvalue weighted by atomic mass is 10.2. The molecule has 0 bridgehead atoms. The summed E-state index contributed by atoms with van der Waals surface area (Å²) in [5, 5.41) is 18.6. The molecule has 0 radical (unpaired) electrons. The Hall–Kier alpha value is -1.53. The maximum Gasteiger partial charge on any atom is 0.232 e. The molecule has 1 aliphatic rings. The van der Waals surface area contributed by atoms with Gasteiger partial charge in [0.2, 0.25) is 14.7 Å². The van der Waals surface area contributed by atoms with Crippen LogP contribution in [-0.2, 0) is 14.3 Å². The third-order valence-corrected chi connectivity index (χ3v) is 3.66. The molecule has 5 atom stereocenters. The summed E-state index contributed by atoms with van der Waals surface area (Å²) >= 11 is 0. The van der Waals surface area contributed by atoms with E-state index in [4.69, 9.17) is 20.5 Å². The molecule has 13 heteroatoms. The van der Waals surface area contributed by atoms with Gasteiger partial charge in [0, 0.05) is 0 Å². The van der Waals surface area contributed by atoms with Gasteiger partial charge >= 0.3 is 0 Å². The van der Waals surface area contributed by atoms with Gasteiger partial charge in [-0.1, -0.05) is 0 Å². The van der Waals surface area contributed by atoms with Gasteiger partial charge in [0.1, 0.15) is 24.3 Å². The predicted molar refractivity (Wildman–Crippen MR) is 72.9 cm³/mol. The van der Waals surface area contributed by atoms with Crippen molar-refractivity contribution in [2.45, 2.75) is 24.8 Å². The van der Waals surface area contributed by atoms with Gasteiger partial charge in [-0.05, 0) is 0 Å². The van der Waals surface area contributed by atoms with Gasteiger partial charge in [0.05, 0.1) is 6.33 Å². The Morgan fingerprint density at radius 2 is 2.22 bits per heavy atom. The zero-order valence-electron chi connectivity index (χ0n) is 11.4. The summed E-state index contributed by atoms with van der Waals surface area (Å²) in [5.74, 6) is 0.128. The number of rotatable bonds is 5. The van der Waals surface area contributed by atoms with Crippen LogP contribution in [0.4, 0.5) is 10.2 Å². The monoisotopic (exact) mass is 349 g/mol. The van der Waals surface area contributed by atoms with Crippen LogP contribution in [-0.4, -0.2) is 59.5 Å². The molecule has 126 valence electrons. The lowest BCUT2D eigenvalue weighted by Gasteiger charge is -2.16. The summed E-state index contributed by atoms with van der Waals surface area (Å²) in [4.78, 5) is 25.4. The van der Waals surface area contributed by atoms with Crippen molar-refractivity contribution in [3.63, 3.8) is 0 Å². The van der Waals surface area contributed by atoms with Gasteiger partial charge < -0.3 is 25.6 Å². The number of anilines is 1. The number of nitrogen functional groups attached to an aromatic ring is 1. The van der Waals surface area contributed by atoms with E-state index in [1.165, 1.54) is 17.2 Å². The molecule has 1 aliphatic heterocycles. The number of hydrogen-bond donors (Lipinski definition) is 4. The standard InChI is InChI=1S/C10H13FN5O6P/c11-4-6(18)9(20-10(4)21-22-23(19)3-17)16-2-15-5-7(12)13-1-14-8(5)16/h1-2,4,6,9-10,17-19H,3H2,(H2,12,13,14)/t4?,6-,9+,10+,23?/m0/s1. The maximum absolute atomic E-state index is 14.0. The van der Waals surface area contributed by atoms with Crippen LogP contribution in [0.3, 0.4) is 0 Å². The third-order valence-electron chi connectivity index (χ3n) is 3.16. The second-order valence-corrected chi connectivity index (χ2v) is 5.71. The van der Waals surface area contributed by atoms with Crippen LogP contribution >= 0.6 is 8.38 Å². The smallest absolute Gasteiger partial charge is 0.232 e. The Morgan fingerprint density at radius 1 is 1.43 bits per heavy atom. The summed E-state index contributed by atoms with van der Waals surface area (Å²) < 4.78 is 25.0. The van der Waals surface area contributed by atoms with Crippen molar-refractivity contribution in [1.82, 2.24) is 19.5 Å². The number of nitrogens with zero attached hydrogens (tertiary/aromatic N) is 4. The first-order chi connectivity index (χ1) is 11.0. The van der Waals surface area contributed by atoms with Gasteiger partial charge in [-0.2, -0.15) is 9.56 Å². The van der Waals surface area contributed by atoms with E-state index in [0.717, 1.165) is 0 Å². The fraction of sp³-hybridized carbons (Fsp3) is 0.500. The number of imidazole rings is 1. The van der Waals surface area contributed by atoms with Gasteiger partial charge in [-0.15, -0.1) is 0 Å². The fourth-order valence-electron chi connectivity index (χ4n) is 2.09. The lowest BCUT2D eigenvalue weighted by molar-refractivity contribution is -0.327. The van der Waals surface area contributed by atoms with Crippen LogP contribution in [0.2, 0.25) is 0 Å². The topological polar surface area (TPSA) is 158 Å². The summed E-state index contributed by atoms with van der Waals surface area (Å²) in [5.41, 5.74) is 6.18. The number of aliphatic hydroxyl groups excluding tert-OH is 2. The molecule has 0 saturated carbocycles. The highest BCUT2D eigenvalue weighted by Crippen LogP contribution is 2.37. The first-order valence-electron chi connectivity index (χ1n) is 6.34. The SMILES string of the molecule is Nc1ncnc2c1ncn2[C@@H]1O[C@H](OOP(O)CO)C(F)[C@@H]1O. The molecule has 1 saturated heterocycles. The minimum atomic E-state index is -2.27. The van der Waals surface area contributed by atoms with Gasteiger partial charge in [0.25, 0.3) is 0 Å². The van der Waals surface area contributed by atoms with Crippen molar-refractivity contribution in [2.75, 3.05) is 12.1 Å². The van der Waals surface area contributed by atoms with E-state index >= 15 is 0 Å². The predicted octanol–water partition coefficient (Wildman–Crippen LogP) is -0.835. The zero-order chi connectivity index (χ0) is 16.6. The van der Waals surface area contributed by atoms with Gasteiger partial charge in [-0.25, -0.2) is 19.3 Å². The molecular formula is C10H13FN5O6P. The lowest BCUT2D eigenvalue weighted by Crippen LogP contribution is -2.29. The largest absolute Gasteiger partial charge is 0.387 e. The molecule has 2 unspecified atom stereocenters. The molecule has 3 heterocycles. The van der Waals surface area contributed by atoms with Crippen molar-refractivity contribution in [1.29, 1.82) is 0 Å². The number of aliphatic hydroxyl groups is 2. The van der Waals surface area contributed by atoms with Crippen LogP contribution < -0.4 is 5.73 Å². The summed E-state index contributed by atoms with van der Waals surface area (Å²) in [6.45, 7) is 0. The maximum atomic E-state index is 14.0. The van der Waals surface area contributed by atoms with Gasteiger partial charge in [0.15, 0.2) is 23.9 Å². The molecular weight excluding hydrogens is 336 g/mol. The number of halogens is 1. The molecule has 2 aromatic rings.